The first-order chi connectivity index (χ1) is 13.5. The van der Waals surface area contributed by atoms with Crippen molar-refractivity contribution in [2.45, 2.75) is 38.3 Å². The van der Waals surface area contributed by atoms with Crippen LogP contribution in [0.25, 0.3) is 22.4 Å². The predicted octanol–water partition coefficient (Wildman–Crippen LogP) is 5.44. The molecule has 3 heterocycles. The average molecular weight is 420 g/mol. The zero-order valence-electron chi connectivity index (χ0n) is 15.3. The number of nitrogens with zero attached hydrogens (tertiary/aromatic N) is 4. The van der Waals surface area contributed by atoms with Crippen molar-refractivity contribution in [2.75, 3.05) is 18.0 Å². The molecule has 1 aliphatic heterocycles. The molecule has 2 aromatic heterocycles. The fourth-order valence-corrected chi connectivity index (χ4v) is 5.02. The number of aromatic nitrogens is 4. The summed E-state index contributed by atoms with van der Waals surface area (Å²) in [6, 6.07) is 5.46. The van der Waals surface area contributed by atoms with Crippen LogP contribution in [0.4, 0.5) is 10.2 Å². The lowest BCUT2D eigenvalue weighted by molar-refractivity contribution is 0.203. The highest BCUT2D eigenvalue weighted by Gasteiger charge is 2.41. The van der Waals surface area contributed by atoms with E-state index in [0.29, 0.717) is 39.7 Å². The van der Waals surface area contributed by atoms with Gasteiger partial charge in [-0.25, -0.2) is 14.4 Å². The monoisotopic (exact) mass is 419 g/mol. The van der Waals surface area contributed by atoms with Crippen LogP contribution in [0, 0.1) is 5.41 Å². The van der Waals surface area contributed by atoms with Gasteiger partial charge in [0.05, 0.1) is 21.9 Å². The Morgan fingerprint density at radius 2 is 2.00 bits per heavy atom. The molecule has 1 saturated carbocycles. The second-order valence-corrected chi connectivity index (χ2v) is 8.71. The number of rotatable bonds is 2. The van der Waals surface area contributed by atoms with Crippen LogP contribution in [0.1, 0.15) is 32.1 Å². The average Bonchev–Trinajstić information content (AvgIpc) is 3.28. The Kier molecular flexibility index (Phi) is 4.43. The number of hydrogen-bond acceptors (Lipinski definition) is 4. The van der Waals surface area contributed by atoms with Gasteiger partial charge in [0, 0.05) is 18.7 Å². The molecule has 28 heavy (non-hydrogen) atoms. The second kappa shape index (κ2) is 6.85. The topological polar surface area (TPSA) is 57.7 Å². The van der Waals surface area contributed by atoms with Crippen LogP contribution in [0.3, 0.4) is 0 Å². The minimum absolute atomic E-state index is 0.191. The summed E-state index contributed by atoms with van der Waals surface area (Å²) >= 11 is 12.5. The SMILES string of the molecule is F[C@H]1CCC2(CCN(c3cnc4c(-c5cccc(Cl)c5Cl)[nH]nc4n3)CC2)C1. The lowest BCUT2D eigenvalue weighted by Gasteiger charge is -2.39. The van der Waals surface area contributed by atoms with Crippen LogP contribution in [-0.4, -0.2) is 39.4 Å². The Morgan fingerprint density at radius 1 is 1.18 bits per heavy atom. The van der Waals surface area contributed by atoms with E-state index in [1.54, 1.807) is 12.3 Å². The Morgan fingerprint density at radius 3 is 2.75 bits per heavy atom. The molecule has 1 saturated heterocycles. The quantitative estimate of drug-likeness (QED) is 0.600. The fourth-order valence-electron chi connectivity index (χ4n) is 4.62. The number of alkyl halides is 1. The molecule has 1 aromatic carbocycles. The highest BCUT2D eigenvalue weighted by atomic mass is 35.5. The number of halogens is 3. The zero-order chi connectivity index (χ0) is 19.3. The number of H-pyrrole nitrogens is 1. The van der Waals surface area contributed by atoms with Crippen LogP contribution in [-0.2, 0) is 0 Å². The van der Waals surface area contributed by atoms with Gasteiger partial charge in [-0.1, -0.05) is 35.3 Å². The Bertz CT molecular complexity index is 1030. The summed E-state index contributed by atoms with van der Waals surface area (Å²) in [5, 5.41) is 8.27. The van der Waals surface area contributed by atoms with Crippen molar-refractivity contribution >= 4 is 40.2 Å². The molecule has 1 N–H and O–H groups in total. The van der Waals surface area contributed by atoms with E-state index in [1.807, 2.05) is 12.1 Å². The minimum Gasteiger partial charge on any atom is -0.355 e. The Hall–Kier alpha value is -1.92. The Labute approximate surface area is 172 Å². The molecule has 0 unspecified atom stereocenters. The molecule has 1 aliphatic carbocycles. The largest absolute Gasteiger partial charge is 0.355 e. The molecule has 1 atom stereocenters. The number of nitrogens with one attached hydrogen (secondary N) is 1. The second-order valence-electron chi connectivity index (χ2n) is 7.93. The maximum Gasteiger partial charge on any atom is 0.202 e. The summed E-state index contributed by atoms with van der Waals surface area (Å²) in [7, 11) is 0. The molecule has 0 amide bonds. The molecular formula is C20H20Cl2FN5. The van der Waals surface area contributed by atoms with Gasteiger partial charge in [-0.15, -0.1) is 0 Å². The summed E-state index contributed by atoms with van der Waals surface area (Å²) in [6.45, 7) is 1.76. The third-order valence-electron chi connectivity index (χ3n) is 6.26. The van der Waals surface area contributed by atoms with Crippen molar-refractivity contribution in [3.8, 4) is 11.3 Å². The first-order valence-electron chi connectivity index (χ1n) is 9.59. The number of anilines is 1. The van der Waals surface area contributed by atoms with Gasteiger partial charge in [-0.05, 0) is 43.6 Å². The highest BCUT2D eigenvalue weighted by molar-refractivity contribution is 6.43. The minimum atomic E-state index is -0.622. The fraction of sp³-hybridized carbons (Fsp3) is 0.450. The summed E-state index contributed by atoms with van der Waals surface area (Å²) in [5.41, 5.74) is 2.86. The van der Waals surface area contributed by atoms with Gasteiger partial charge < -0.3 is 4.90 Å². The van der Waals surface area contributed by atoms with Crippen molar-refractivity contribution in [2.24, 2.45) is 5.41 Å². The third kappa shape index (κ3) is 3.03. The third-order valence-corrected chi connectivity index (χ3v) is 7.08. The summed E-state index contributed by atoms with van der Waals surface area (Å²) in [4.78, 5) is 11.5. The maximum atomic E-state index is 13.7. The van der Waals surface area contributed by atoms with E-state index in [1.165, 1.54) is 0 Å². The first-order valence-corrected chi connectivity index (χ1v) is 10.3. The van der Waals surface area contributed by atoms with E-state index < -0.39 is 6.17 Å². The van der Waals surface area contributed by atoms with Crippen LogP contribution < -0.4 is 4.90 Å². The van der Waals surface area contributed by atoms with Gasteiger partial charge in [0.15, 0.2) is 0 Å². The van der Waals surface area contributed by atoms with E-state index >= 15 is 0 Å². The summed E-state index contributed by atoms with van der Waals surface area (Å²) in [5.74, 6) is 0.812. The number of benzene rings is 1. The van der Waals surface area contributed by atoms with Crippen LogP contribution >= 0.6 is 23.2 Å². The van der Waals surface area contributed by atoms with Crippen molar-refractivity contribution < 1.29 is 4.39 Å². The molecule has 5 rings (SSSR count). The van der Waals surface area contributed by atoms with Crippen molar-refractivity contribution in [1.82, 2.24) is 20.2 Å². The predicted molar refractivity (Wildman–Crippen MR) is 110 cm³/mol. The molecule has 3 aromatic rings. The molecule has 2 fully saturated rings. The van der Waals surface area contributed by atoms with E-state index in [9.17, 15) is 4.39 Å². The molecule has 0 radical (unpaired) electrons. The van der Waals surface area contributed by atoms with Crippen molar-refractivity contribution in [3.05, 3.63) is 34.4 Å². The molecule has 0 bridgehead atoms. The van der Waals surface area contributed by atoms with Gasteiger partial charge in [-0.3, -0.25) is 5.10 Å². The van der Waals surface area contributed by atoms with E-state index in [-0.39, 0.29) is 5.41 Å². The smallest absolute Gasteiger partial charge is 0.202 e. The zero-order valence-corrected chi connectivity index (χ0v) is 16.8. The molecular weight excluding hydrogens is 400 g/mol. The lowest BCUT2D eigenvalue weighted by Crippen LogP contribution is -2.39. The molecule has 1 spiro atoms. The number of fused-ring (bicyclic) bond motifs is 1. The van der Waals surface area contributed by atoms with E-state index in [4.69, 9.17) is 28.2 Å². The van der Waals surface area contributed by atoms with Crippen molar-refractivity contribution in [3.63, 3.8) is 0 Å². The standard InChI is InChI=1S/C20H20Cl2FN5/c21-14-3-1-2-13(16(14)22)17-18-19(27-26-17)25-15(11-24-18)28-8-6-20(7-9-28)5-4-12(23)10-20/h1-3,11-12H,4-10H2,(H,25,26,27)/t12-/m0/s1. The lowest BCUT2D eigenvalue weighted by atomic mass is 9.77. The van der Waals surface area contributed by atoms with Gasteiger partial charge in [0.2, 0.25) is 5.65 Å². The normalized spacial score (nSPS) is 21.7. The number of hydrogen-bond donors (Lipinski definition) is 1. The van der Waals surface area contributed by atoms with Gasteiger partial charge in [0.1, 0.15) is 17.5 Å². The summed E-state index contributed by atoms with van der Waals surface area (Å²) in [6.07, 6.45) is 5.63. The van der Waals surface area contributed by atoms with Crippen LogP contribution in [0.15, 0.2) is 24.4 Å². The first kappa shape index (κ1) is 18.1. The summed E-state index contributed by atoms with van der Waals surface area (Å²) < 4.78 is 13.7. The van der Waals surface area contributed by atoms with Crippen LogP contribution in [0.5, 0.6) is 0 Å². The highest BCUT2D eigenvalue weighted by Crippen LogP contribution is 2.47. The van der Waals surface area contributed by atoms with Crippen molar-refractivity contribution in [1.29, 1.82) is 0 Å². The van der Waals surface area contributed by atoms with E-state index in [0.717, 1.165) is 43.7 Å². The van der Waals surface area contributed by atoms with E-state index in [2.05, 4.69) is 20.1 Å². The van der Waals surface area contributed by atoms with Gasteiger partial charge in [-0.2, -0.15) is 5.10 Å². The molecule has 146 valence electrons. The van der Waals surface area contributed by atoms with Gasteiger partial charge >= 0.3 is 0 Å². The molecule has 2 aliphatic rings. The maximum absolute atomic E-state index is 13.7. The number of aromatic amines is 1. The molecule has 8 heteroatoms. The van der Waals surface area contributed by atoms with Gasteiger partial charge in [0.25, 0.3) is 0 Å². The Balaban J connectivity index is 1.40. The molecule has 5 nitrogen and oxygen atoms in total. The number of piperidine rings is 1. The van der Waals surface area contributed by atoms with Crippen LogP contribution in [0.2, 0.25) is 10.0 Å².